The number of methoxy groups -OCH3 is 1. The predicted octanol–water partition coefficient (Wildman–Crippen LogP) is 4.45. The molecule has 0 spiro atoms. The summed E-state index contributed by atoms with van der Waals surface area (Å²) < 4.78 is 45.4. The molecule has 1 heterocycles. The molecule has 9 heteroatoms. The van der Waals surface area contributed by atoms with E-state index in [9.17, 15) is 22.8 Å². The van der Waals surface area contributed by atoms with Crippen molar-refractivity contribution < 1.29 is 27.5 Å². The van der Waals surface area contributed by atoms with Gasteiger partial charge in [-0.3, -0.25) is 9.59 Å². The highest BCUT2D eigenvalue weighted by Gasteiger charge is 2.47. The number of thiophene rings is 1. The van der Waals surface area contributed by atoms with Gasteiger partial charge in [-0.15, -0.1) is 11.3 Å². The minimum atomic E-state index is -5.10. The quantitative estimate of drug-likeness (QED) is 0.692. The Kier molecular flexibility index (Phi) is 7.02. The van der Waals surface area contributed by atoms with E-state index in [1.54, 1.807) is 41.8 Å². The van der Waals surface area contributed by atoms with Crippen LogP contribution in [0.4, 0.5) is 13.2 Å². The molecule has 162 valence electrons. The molecule has 3 rings (SSSR count). The van der Waals surface area contributed by atoms with Crippen LogP contribution in [-0.4, -0.2) is 36.0 Å². The Hall–Kier alpha value is -2.55. The third-order valence-corrected chi connectivity index (χ3v) is 6.01. The van der Waals surface area contributed by atoms with Gasteiger partial charge in [0, 0.05) is 17.5 Å². The maximum absolute atomic E-state index is 13.5. The second-order valence-electron chi connectivity index (χ2n) is 7.19. The highest BCUT2D eigenvalue weighted by molar-refractivity contribution is 7.10. The van der Waals surface area contributed by atoms with Crippen molar-refractivity contribution in [2.24, 2.45) is 0 Å². The van der Waals surface area contributed by atoms with E-state index in [1.165, 1.54) is 7.11 Å². The standard InChI is InChI=1S/C21H23F3N2O3S/c1-29-16-10-8-14(9-11-16)13-26(20(28)21(22,23)24)18(17-7-4-12-30-17)19(27)25-15-5-2-3-6-15/h4,7-12,15,18H,2-3,5-6,13H2,1H3,(H,25,27)/t18-/m1/s1. The zero-order chi connectivity index (χ0) is 21.7. The van der Waals surface area contributed by atoms with E-state index in [0.29, 0.717) is 21.1 Å². The fourth-order valence-corrected chi connectivity index (χ4v) is 4.43. The number of nitrogens with zero attached hydrogens (tertiary/aromatic N) is 1. The van der Waals surface area contributed by atoms with E-state index in [1.807, 2.05) is 0 Å². The van der Waals surface area contributed by atoms with Gasteiger partial charge in [0.15, 0.2) is 0 Å². The second kappa shape index (κ2) is 9.51. The van der Waals surface area contributed by atoms with E-state index >= 15 is 0 Å². The first-order valence-electron chi connectivity index (χ1n) is 9.64. The van der Waals surface area contributed by atoms with E-state index in [4.69, 9.17) is 4.74 Å². The number of hydrogen-bond acceptors (Lipinski definition) is 4. The zero-order valence-electron chi connectivity index (χ0n) is 16.4. The Morgan fingerprint density at radius 2 is 1.87 bits per heavy atom. The number of carbonyl (C=O) groups excluding carboxylic acids is 2. The van der Waals surface area contributed by atoms with Gasteiger partial charge >= 0.3 is 12.1 Å². The Bertz CT molecular complexity index is 847. The number of amides is 2. The smallest absolute Gasteiger partial charge is 0.471 e. The van der Waals surface area contributed by atoms with Crippen molar-refractivity contribution in [3.8, 4) is 5.75 Å². The number of carbonyl (C=O) groups is 2. The van der Waals surface area contributed by atoms with Crippen LogP contribution in [0.1, 0.15) is 42.2 Å². The molecule has 1 aromatic carbocycles. The van der Waals surface area contributed by atoms with Crippen LogP contribution in [0.5, 0.6) is 5.75 Å². The third-order valence-electron chi connectivity index (χ3n) is 5.09. The summed E-state index contributed by atoms with van der Waals surface area (Å²) in [6.45, 7) is -0.358. The van der Waals surface area contributed by atoms with Crippen LogP contribution in [0.15, 0.2) is 41.8 Å². The summed E-state index contributed by atoms with van der Waals surface area (Å²) in [5.74, 6) is -2.09. The molecular formula is C21H23F3N2O3S. The number of benzene rings is 1. The number of nitrogens with one attached hydrogen (secondary N) is 1. The Labute approximate surface area is 176 Å². The highest BCUT2D eigenvalue weighted by Crippen LogP contribution is 2.32. The van der Waals surface area contributed by atoms with Gasteiger partial charge in [0.25, 0.3) is 0 Å². The van der Waals surface area contributed by atoms with Crippen LogP contribution < -0.4 is 10.1 Å². The first-order valence-corrected chi connectivity index (χ1v) is 10.5. The molecular weight excluding hydrogens is 417 g/mol. The van der Waals surface area contributed by atoms with Crippen LogP contribution in [0.2, 0.25) is 0 Å². The average molecular weight is 440 g/mol. The molecule has 5 nitrogen and oxygen atoms in total. The minimum absolute atomic E-state index is 0.0798. The topological polar surface area (TPSA) is 58.6 Å². The van der Waals surface area contributed by atoms with Crippen molar-refractivity contribution in [3.63, 3.8) is 0 Å². The van der Waals surface area contributed by atoms with Crippen molar-refractivity contribution in [2.75, 3.05) is 7.11 Å². The van der Waals surface area contributed by atoms with Gasteiger partial charge in [-0.05, 0) is 42.0 Å². The largest absolute Gasteiger partial charge is 0.497 e. The lowest BCUT2D eigenvalue weighted by atomic mass is 10.1. The summed E-state index contributed by atoms with van der Waals surface area (Å²) in [7, 11) is 1.48. The Morgan fingerprint density at radius 1 is 1.20 bits per heavy atom. The minimum Gasteiger partial charge on any atom is -0.497 e. The number of halogens is 3. The van der Waals surface area contributed by atoms with Gasteiger partial charge in [-0.25, -0.2) is 0 Å². The summed E-state index contributed by atoms with van der Waals surface area (Å²) in [4.78, 5) is 26.4. The van der Waals surface area contributed by atoms with Crippen molar-refractivity contribution >= 4 is 23.2 Å². The zero-order valence-corrected chi connectivity index (χ0v) is 17.3. The molecule has 2 amide bonds. The van der Waals surface area contributed by atoms with Crippen LogP contribution in [0.25, 0.3) is 0 Å². The van der Waals surface area contributed by atoms with Crippen molar-refractivity contribution in [2.45, 2.75) is 50.5 Å². The van der Waals surface area contributed by atoms with Crippen LogP contribution in [-0.2, 0) is 16.1 Å². The van der Waals surface area contributed by atoms with Gasteiger partial charge in [0.1, 0.15) is 11.8 Å². The number of hydrogen-bond donors (Lipinski definition) is 1. The van der Waals surface area contributed by atoms with Gasteiger partial charge < -0.3 is 15.0 Å². The number of ether oxygens (including phenoxy) is 1. The molecule has 1 aromatic heterocycles. The summed E-state index contributed by atoms with van der Waals surface area (Å²) in [5, 5.41) is 4.52. The van der Waals surface area contributed by atoms with Crippen molar-refractivity contribution in [1.82, 2.24) is 10.2 Å². The molecule has 30 heavy (non-hydrogen) atoms. The molecule has 0 saturated heterocycles. The molecule has 1 saturated carbocycles. The van der Waals surface area contributed by atoms with Gasteiger partial charge in [0.2, 0.25) is 5.91 Å². The molecule has 0 radical (unpaired) electrons. The Morgan fingerprint density at radius 3 is 2.40 bits per heavy atom. The molecule has 1 N–H and O–H groups in total. The Balaban J connectivity index is 1.94. The number of rotatable bonds is 7. The van der Waals surface area contributed by atoms with Gasteiger partial charge in [0.05, 0.1) is 7.11 Å². The average Bonchev–Trinajstić information content (AvgIpc) is 3.41. The summed E-state index contributed by atoms with van der Waals surface area (Å²) in [5.41, 5.74) is 0.462. The van der Waals surface area contributed by atoms with Crippen LogP contribution >= 0.6 is 11.3 Å². The third kappa shape index (κ3) is 5.33. The first-order chi connectivity index (χ1) is 14.3. The molecule has 0 aliphatic heterocycles. The summed E-state index contributed by atoms with van der Waals surface area (Å²) >= 11 is 1.15. The van der Waals surface area contributed by atoms with Crippen molar-refractivity contribution in [1.29, 1.82) is 0 Å². The molecule has 1 aliphatic rings. The maximum atomic E-state index is 13.5. The molecule has 1 aliphatic carbocycles. The van der Waals surface area contributed by atoms with E-state index < -0.39 is 24.0 Å². The van der Waals surface area contributed by atoms with E-state index in [0.717, 1.165) is 37.0 Å². The fourth-order valence-electron chi connectivity index (χ4n) is 3.59. The molecule has 0 bridgehead atoms. The SMILES string of the molecule is COc1ccc(CN(C(=O)C(F)(F)F)[C@@H](C(=O)NC2CCCC2)c2cccs2)cc1. The first kappa shape index (κ1) is 22.1. The van der Waals surface area contributed by atoms with Gasteiger partial charge in [-0.1, -0.05) is 31.0 Å². The highest BCUT2D eigenvalue weighted by atomic mass is 32.1. The van der Waals surface area contributed by atoms with Crippen LogP contribution in [0.3, 0.4) is 0 Å². The van der Waals surface area contributed by atoms with Crippen LogP contribution in [0, 0.1) is 0 Å². The predicted molar refractivity (Wildman–Crippen MR) is 107 cm³/mol. The van der Waals surface area contributed by atoms with Crippen molar-refractivity contribution in [3.05, 3.63) is 52.2 Å². The van der Waals surface area contributed by atoms with E-state index in [2.05, 4.69) is 5.32 Å². The second-order valence-corrected chi connectivity index (χ2v) is 8.17. The molecule has 2 aromatic rings. The lowest BCUT2D eigenvalue weighted by Gasteiger charge is -2.32. The lowest BCUT2D eigenvalue weighted by Crippen LogP contribution is -2.49. The molecule has 1 fully saturated rings. The monoisotopic (exact) mass is 440 g/mol. The normalized spacial score (nSPS) is 15.6. The lowest BCUT2D eigenvalue weighted by molar-refractivity contribution is -0.189. The number of alkyl halides is 3. The molecule has 1 atom stereocenters. The van der Waals surface area contributed by atoms with Gasteiger partial charge in [-0.2, -0.15) is 13.2 Å². The summed E-state index contributed by atoms with van der Waals surface area (Å²) in [6, 6.07) is 8.15. The molecule has 0 unspecified atom stereocenters. The maximum Gasteiger partial charge on any atom is 0.471 e. The fraction of sp³-hybridized carbons (Fsp3) is 0.429. The summed E-state index contributed by atoms with van der Waals surface area (Å²) in [6.07, 6.45) is -1.60. The van der Waals surface area contributed by atoms with E-state index in [-0.39, 0.29) is 12.6 Å².